The number of rotatable bonds is 0. The molecule has 1 aliphatic rings. The van der Waals surface area contributed by atoms with Gasteiger partial charge in [-0.1, -0.05) is 0 Å². The molecule has 4 nitrogen and oxygen atoms in total. The second-order valence-corrected chi connectivity index (χ2v) is 2.34. The van der Waals surface area contributed by atoms with Crippen LogP contribution in [0.15, 0.2) is 12.4 Å². The van der Waals surface area contributed by atoms with Gasteiger partial charge in [-0.05, 0) is 0 Å². The van der Waals surface area contributed by atoms with Crippen LogP contribution in [0, 0.1) is 0 Å². The Bertz CT molecular complexity index is 431. The number of carbonyl (C=O) groups excluding carboxylic acids is 2. The Kier molecular flexibility index (Phi) is 1.33. The van der Waals surface area contributed by atoms with Crippen molar-refractivity contribution >= 4 is 23.7 Å². The molecule has 0 atom stereocenters. The molecule has 0 saturated heterocycles. The maximum atomic E-state index is 10.9. The second kappa shape index (κ2) is 2.34. The summed E-state index contributed by atoms with van der Waals surface area (Å²) in [7, 11) is 0. The minimum Gasteiger partial charge on any atom is -0.285 e. The largest absolute Gasteiger partial charge is 0.285 e. The Morgan fingerprint density at radius 1 is 0.833 bits per heavy atom. The van der Waals surface area contributed by atoms with Crippen molar-refractivity contribution in [2.75, 3.05) is 0 Å². The second-order valence-electron chi connectivity index (χ2n) is 2.34. The summed E-state index contributed by atoms with van der Waals surface area (Å²) >= 11 is 0. The summed E-state index contributed by atoms with van der Waals surface area (Å²) in [5.41, 5.74) is 0. The summed E-state index contributed by atoms with van der Waals surface area (Å²) in [6.07, 6.45) is 5.35. The summed E-state index contributed by atoms with van der Waals surface area (Å²) < 4.78 is 0. The van der Waals surface area contributed by atoms with E-state index >= 15 is 0 Å². The minimum atomic E-state index is -0.539. The fourth-order valence-electron chi connectivity index (χ4n) is 0.973. The van der Waals surface area contributed by atoms with E-state index in [0.717, 1.165) is 0 Å². The van der Waals surface area contributed by atoms with E-state index < -0.39 is 11.6 Å². The Morgan fingerprint density at radius 3 is 1.67 bits per heavy atom. The molecule has 0 spiro atoms. The van der Waals surface area contributed by atoms with Crippen molar-refractivity contribution in [3.63, 3.8) is 0 Å². The van der Waals surface area contributed by atoms with Crippen molar-refractivity contribution in [3.8, 4) is 0 Å². The number of nitrogens with zero attached hydrogens (tertiary/aromatic N) is 2. The van der Waals surface area contributed by atoms with E-state index in [-0.39, 0.29) is 0 Å². The lowest BCUT2D eigenvalue weighted by Gasteiger charge is -1.94. The highest BCUT2D eigenvalue weighted by Gasteiger charge is 2.11. The van der Waals surface area contributed by atoms with Crippen LogP contribution < -0.4 is 10.7 Å². The SMILES string of the molecule is O=C1C=c2nccnc2=CC1=O. The summed E-state index contributed by atoms with van der Waals surface area (Å²) in [4.78, 5) is 29.5. The highest BCUT2D eigenvalue weighted by atomic mass is 16.2. The molecule has 0 bridgehead atoms. The zero-order chi connectivity index (χ0) is 8.55. The van der Waals surface area contributed by atoms with E-state index in [4.69, 9.17) is 0 Å². The fourth-order valence-corrected chi connectivity index (χ4v) is 0.973. The van der Waals surface area contributed by atoms with Gasteiger partial charge in [0.05, 0.1) is 10.7 Å². The molecule has 2 rings (SSSR count). The van der Waals surface area contributed by atoms with E-state index in [2.05, 4.69) is 9.97 Å². The molecule has 4 heteroatoms. The minimum absolute atomic E-state index is 0.460. The van der Waals surface area contributed by atoms with E-state index in [1.54, 1.807) is 0 Å². The molecule has 0 unspecified atom stereocenters. The van der Waals surface area contributed by atoms with Gasteiger partial charge in [-0.3, -0.25) is 19.6 Å². The highest BCUT2D eigenvalue weighted by Crippen LogP contribution is 1.83. The van der Waals surface area contributed by atoms with Crippen LogP contribution in [0.25, 0.3) is 12.2 Å². The van der Waals surface area contributed by atoms with E-state index in [9.17, 15) is 9.59 Å². The van der Waals surface area contributed by atoms with Crippen LogP contribution in [0.5, 0.6) is 0 Å². The molecule has 12 heavy (non-hydrogen) atoms. The average Bonchev–Trinajstić information content (AvgIpc) is 2.07. The smallest absolute Gasteiger partial charge is 0.228 e. The van der Waals surface area contributed by atoms with Crippen LogP contribution in [0.2, 0.25) is 0 Å². The lowest BCUT2D eigenvalue weighted by Crippen LogP contribution is -2.37. The zero-order valence-corrected chi connectivity index (χ0v) is 6.02. The summed E-state index contributed by atoms with van der Waals surface area (Å²) in [5, 5.41) is 0.921. The van der Waals surface area contributed by atoms with Crippen molar-refractivity contribution in [2.45, 2.75) is 0 Å². The van der Waals surface area contributed by atoms with Crippen molar-refractivity contribution in [2.24, 2.45) is 0 Å². The molecule has 1 aliphatic carbocycles. The molecule has 58 valence electrons. The van der Waals surface area contributed by atoms with Crippen LogP contribution in [0.4, 0.5) is 0 Å². The third kappa shape index (κ3) is 0.934. The van der Waals surface area contributed by atoms with Gasteiger partial charge in [0.25, 0.3) is 0 Å². The van der Waals surface area contributed by atoms with Gasteiger partial charge in [-0.25, -0.2) is 0 Å². The number of fused-ring (bicyclic) bond motifs is 1. The highest BCUT2D eigenvalue weighted by molar-refractivity contribution is 6.57. The molecule has 0 aliphatic heterocycles. The van der Waals surface area contributed by atoms with Crippen LogP contribution in [-0.4, -0.2) is 21.5 Å². The van der Waals surface area contributed by atoms with Gasteiger partial charge < -0.3 is 0 Å². The molecular weight excluding hydrogens is 156 g/mol. The third-order valence-electron chi connectivity index (χ3n) is 1.53. The lowest BCUT2D eigenvalue weighted by molar-refractivity contribution is -0.129. The first-order valence-corrected chi connectivity index (χ1v) is 3.36. The van der Waals surface area contributed by atoms with E-state index in [1.165, 1.54) is 24.5 Å². The molecule has 0 aromatic carbocycles. The van der Waals surface area contributed by atoms with Crippen molar-refractivity contribution in [3.05, 3.63) is 23.1 Å². The van der Waals surface area contributed by atoms with Gasteiger partial charge in [0.1, 0.15) is 0 Å². The van der Waals surface area contributed by atoms with Gasteiger partial charge in [0, 0.05) is 24.5 Å². The molecule has 1 aromatic rings. The summed E-state index contributed by atoms with van der Waals surface area (Å²) in [6, 6.07) is 0. The molecule has 0 N–H and O–H groups in total. The van der Waals surface area contributed by atoms with Gasteiger partial charge in [0.2, 0.25) is 11.6 Å². The zero-order valence-electron chi connectivity index (χ0n) is 6.02. The molecule has 0 saturated carbocycles. The van der Waals surface area contributed by atoms with Gasteiger partial charge in [-0.15, -0.1) is 0 Å². The van der Waals surface area contributed by atoms with Crippen LogP contribution in [-0.2, 0) is 9.59 Å². The van der Waals surface area contributed by atoms with Gasteiger partial charge in [-0.2, -0.15) is 0 Å². The number of hydrogen-bond donors (Lipinski definition) is 0. The predicted octanol–water partition coefficient (Wildman–Crippen LogP) is -1.81. The lowest BCUT2D eigenvalue weighted by atomic mass is 10.1. The van der Waals surface area contributed by atoms with E-state index in [1.807, 2.05) is 0 Å². The first-order valence-electron chi connectivity index (χ1n) is 3.36. The molecule has 0 amide bonds. The maximum absolute atomic E-state index is 10.9. The van der Waals surface area contributed by atoms with E-state index in [0.29, 0.717) is 10.7 Å². The maximum Gasteiger partial charge on any atom is 0.228 e. The molecule has 0 radical (unpaired) electrons. The fraction of sp³-hybridized carbons (Fsp3) is 0. The number of Topliss-reactive ketones (excluding diaryl/α,β-unsaturated/α-hetero) is 2. The summed E-state index contributed by atoms with van der Waals surface area (Å²) in [5.74, 6) is -1.08. The Morgan fingerprint density at radius 2 is 1.25 bits per heavy atom. The molecular formula is C8H4N2O2. The van der Waals surface area contributed by atoms with Crippen molar-refractivity contribution < 1.29 is 9.59 Å². The number of hydrogen-bond acceptors (Lipinski definition) is 4. The van der Waals surface area contributed by atoms with Gasteiger partial charge in [0.15, 0.2) is 0 Å². The number of aromatic nitrogens is 2. The number of carbonyl (C=O) groups is 2. The van der Waals surface area contributed by atoms with Gasteiger partial charge >= 0.3 is 0 Å². The van der Waals surface area contributed by atoms with Crippen LogP contribution >= 0.6 is 0 Å². The molecule has 1 aromatic heterocycles. The molecule has 1 heterocycles. The first kappa shape index (κ1) is 6.84. The predicted molar refractivity (Wildman–Crippen MR) is 40.2 cm³/mol. The van der Waals surface area contributed by atoms with Crippen molar-refractivity contribution in [1.29, 1.82) is 0 Å². The van der Waals surface area contributed by atoms with Crippen LogP contribution in [0.1, 0.15) is 0 Å². The standard InChI is InChI=1S/C8H4N2O2/c11-7-3-5-6(4-8(7)12)10-2-1-9-5/h1-4H. The first-order chi connectivity index (χ1) is 5.77. The average molecular weight is 160 g/mol. The van der Waals surface area contributed by atoms with Crippen LogP contribution in [0.3, 0.4) is 0 Å². The van der Waals surface area contributed by atoms with Crippen molar-refractivity contribution in [1.82, 2.24) is 9.97 Å². The Hall–Kier alpha value is -1.84. The topological polar surface area (TPSA) is 59.9 Å². The Balaban J connectivity index is 2.87. The summed E-state index contributed by atoms with van der Waals surface area (Å²) in [6.45, 7) is 0. The number of ketones is 2. The Labute approximate surface area is 67.3 Å². The molecule has 0 fully saturated rings. The normalized spacial score (nSPS) is 14.7. The third-order valence-corrected chi connectivity index (χ3v) is 1.53. The quantitative estimate of drug-likeness (QED) is 0.420. The monoisotopic (exact) mass is 160 g/mol.